The number of piperidine rings is 1. The van der Waals surface area contributed by atoms with E-state index >= 15 is 0 Å². The van der Waals surface area contributed by atoms with Crippen LogP contribution in [-0.4, -0.2) is 48.9 Å². The maximum atomic E-state index is 11.6. The summed E-state index contributed by atoms with van der Waals surface area (Å²) in [6.45, 7) is 6.49. The van der Waals surface area contributed by atoms with E-state index in [-0.39, 0.29) is 11.8 Å². The molecule has 0 saturated carbocycles. The highest BCUT2D eigenvalue weighted by Gasteiger charge is 2.17. The third-order valence-electron chi connectivity index (χ3n) is 3.08. The summed E-state index contributed by atoms with van der Waals surface area (Å²) in [6, 6.07) is 0.479. The second-order valence-electron chi connectivity index (χ2n) is 4.70. The number of nitrogens with zero attached hydrogens (tertiary/aromatic N) is 1. The van der Waals surface area contributed by atoms with Crippen LogP contribution in [0.5, 0.6) is 0 Å². The zero-order valence-corrected chi connectivity index (χ0v) is 11.3. The summed E-state index contributed by atoms with van der Waals surface area (Å²) in [7, 11) is 0. The molecule has 1 atom stereocenters. The predicted octanol–water partition coefficient (Wildman–Crippen LogP) is -0.382. The number of rotatable bonds is 5. The molecule has 0 aromatic rings. The molecule has 1 rings (SSSR count). The average molecular weight is 256 g/mol. The van der Waals surface area contributed by atoms with Gasteiger partial charge in [-0.3, -0.25) is 25.3 Å². The lowest BCUT2D eigenvalue weighted by Gasteiger charge is -2.29. The van der Waals surface area contributed by atoms with Crippen LogP contribution in [0, 0.1) is 0 Å². The number of carbonyl (C=O) groups is 2. The van der Waals surface area contributed by atoms with E-state index in [1.54, 1.807) is 0 Å². The maximum absolute atomic E-state index is 11.6. The molecule has 0 radical (unpaired) electrons. The Morgan fingerprint density at radius 3 is 2.67 bits per heavy atom. The van der Waals surface area contributed by atoms with Crippen molar-refractivity contribution in [2.75, 3.05) is 26.2 Å². The third kappa shape index (κ3) is 5.97. The topological polar surface area (TPSA) is 73.5 Å². The minimum atomic E-state index is -0.264. The van der Waals surface area contributed by atoms with Crippen molar-refractivity contribution in [1.29, 1.82) is 0 Å². The van der Waals surface area contributed by atoms with Crippen LogP contribution in [0.3, 0.4) is 0 Å². The number of hydrogen-bond acceptors (Lipinski definition) is 4. The number of hydrazine groups is 1. The number of carbonyl (C=O) groups excluding carboxylic acids is 2. The fraction of sp³-hybridized carbons (Fsp3) is 0.833. The van der Waals surface area contributed by atoms with E-state index in [4.69, 9.17) is 0 Å². The predicted molar refractivity (Wildman–Crippen MR) is 69.7 cm³/mol. The van der Waals surface area contributed by atoms with E-state index in [1.165, 1.54) is 26.2 Å². The van der Waals surface area contributed by atoms with Crippen molar-refractivity contribution in [2.45, 2.75) is 39.2 Å². The SMILES string of the molecule is CCN(CC(=O)NNC(C)=O)CC1CCCCN1. The summed E-state index contributed by atoms with van der Waals surface area (Å²) in [5, 5.41) is 3.46. The van der Waals surface area contributed by atoms with Gasteiger partial charge in [0.1, 0.15) is 0 Å². The number of hydrogen-bond donors (Lipinski definition) is 3. The van der Waals surface area contributed by atoms with Gasteiger partial charge in [-0.05, 0) is 25.9 Å². The molecule has 1 aliphatic heterocycles. The normalized spacial score (nSPS) is 19.6. The Balaban J connectivity index is 2.27. The van der Waals surface area contributed by atoms with E-state index in [0.717, 1.165) is 19.6 Å². The first-order chi connectivity index (χ1) is 8.61. The molecule has 0 bridgehead atoms. The van der Waals surface area contributed by atoms with Crippen molar-refractivity contribution in [2.24, 2.45) is 0 Å². The molecule has 0 aliphatic carbocycles. The number of likely N-dealkylation sites (N-methyl/N-ethyl adjacent to an activating group) is 1. The van der Waals surface area contributed by atoms with Crippen molar-refractivity contribution >= 4 is 11.8 Å². The fourth-order valence-electron chi connectivity index (χ4n) is 2.10. The second-order valence-corrected chi connectivity index (χ2v) is 4.70. The first kappa shape index (κ1) is 14.9. The molecule has 6 nitrogen and oxygen atoms in total. The van der Waals surface area contributed by atoms with Crippen LogP contribution < -0.4 is 16.2 Å². The van der Waals surface area contributed by atoms with Gasteiger partial charge >= 0.3 is 0 Å². The van der Waals surface area contributed by atoms with Crippen LogP contribution in [0.15, 0.2) is 0 Å². The zero-order chi connectivity index (χ0) is 13.4. The van der Waals surface area contributed by atoms with E-state index in [0.29, 0.717) is 12.6 Å². The molecule has 6 heteroatoms. The van der Waals surface area contributed by atoms with E-state index in [2.05, 4.69) is 21.1 Å². The molecule has 1 aliphatic rings. The quantitative estimate of drug-likeness (QED) is 0.586. The molecule has 1 heterocycles. The lowest BCUT2D eigenvalue weighted by molar-refractivity contribution is -0.128. The van der Waals surface area contributed by atoms with Gasteiger partial charge < -0.3 is 5.32 Å². The van der Waals surface area contributed by atoms with Crippen LogP contribution in [0.2, 0.25) is 0 Å². The zero-order valence-electron chi connectivity index (χ0n) is 11.3. The Labute approximate surface area is 108 Å². The van der Waals surface area contributed by atoms with Gasteiger partial charge in [0.05, 0.1) is 6.54 Å². The highest BCUT2D eigenvalue weighted by atomic mass is 16.2. The lowest BCUT2D eigenvalue weighted by Crippen LogP contribution is -2.49. The lowest BCUT2D eigenvalue weighted by atomic mass is 10.0. The van der Waals surface area contributed by atoms with Gasteiger partial charge in [-0.25, -0.2) is 0 Å². The molecule has 1 fully saturated rings. The molecule has 3 N–H and O–H groups in total. The minimum Gasteiger partial charge on any atom is -0.313 e. The van der Waals surface area contributed by atoms with Crippen molar-refractivity contribution in [3.05, 3.63) is 0 Å². The molecule has 1 saturated heterocycles. The Hall–Kier alpha value is -1.14. The molecule has 104 valence electrons. The molecular weight excluding hydrogens is 232 g/mol. The van der Waals surface area contributed by atoms with Gasteiger partial charge in [-0.1, -0.05) is 13.3 Å². The van der Waals surface area contributed by atoms with Gasteiger partial charge in [0.25, 0.3) is 5.91 Å². The summed E-state index contributed by atoms with van der Waals surface area (Å²) in [5.74, 6) is -0.441. The van der Waals surface area contributed by atoms with Crippen LogP contribution >= 0.6 is 0 Å². The van der Waals surface area contributed by atoms with Crippen LogP contribution in [0.1, 0.15) is 33.1 Å². The average Bonchev–Trinajstić information content (AvgIpc) is 2.37. The fourth-order valence-corrected chi connectivity index (χ4v) is 2.10. The molecule has 0 aromatic carbocycles. The van der Waals surface area contributed by atoms with E-state index in [9.17, 15) is 9.59 Å². The van der Waals surface area contributed by atoms with Gasteiger partial charge in [-0.2, -0.15) is 0 Å². The standard InChI is InChI=1S/C12H24N4O2/c1-3-16(8-11-6-4-5-7-13-11)9-12(18)15-14-10(2)17/h11,13H,3-9H2,1-2H3,(H,14,17)(H,15,18). The number of nitrogens with one attached hydrogen (secondary N) is 3. The van der Waals surface area contributed by atoms with E-state index < -0.39 is 0 Å². The van der Waals surface area contributed by atoms with E-state index in [1.807, 2.05) is 6.92 Å². The summed E-state index contributed by atoms with van der Waals surface area (Å²) in [6.07, 6.45) is 3.67. The molecule has 0 aromatic heterocycles. The molecule has 18 heavy (non-hydrogen) atoms. The third-order valence-corrected chi connectivity index (χ3v) is 3.08. The number of amides is 2. The van der Waals surface area contributed by atoms with Gasteiger partial charge in [-0.15, -0.1) is 0 Å². The minimum absolute atomic E-state index is 0.178. The Kier molecular flexibility index (Phi) is 6.67. The van der Waals surface area contributed by atoms with Crippen molar-refractivity contribution in [3.8, 4) is 0 Å². The van der Waals surface area contributed by atoms with Crippen LogP contribution in [0.25, 0.3) is 0 Å². The molecule has 2 amide bonds. The smallest absolute Gasteiger partial charge is 0.252 e. The second kappa shape index (κ2) is 8.05. The van der Waals surface area contributed by atoms with Crippen LogP contribution in [0.4, 0.5) is 0 Å². The van der Waals surface area contributed by atoms with Gasteiger partial charge in [0.2, 0.25) is 5.91 Å². The van der Waals surface area contributed by atoms with Crippen molar-refractivity contribution in [1.82, 2.24) is 21.1 Å². The summed E-state index contributed by atoms with van der Waals surface area (Å²) in [5.41, 5.74) is 4.68. The summed E-state index contributed by atoms with van der Waals surface area (Å²) in [4.78, 5) is 24.3. The largest absolute Gasteiger partial charge is 0.313 e. The van der Waals surface area contributed by atoms with Gasteiger partial charge in [0, 0.05) is 19.5 Å². The first-order valence-electron chi connectivity index (χ1n) is 6.63. The molecular formula is C12H24N4O2. The van der Waals surface area contributed by atoms with Crippen molar-refractivity contribution < 1.29 is 9.59 Å². The Bertz CT molecular complexity index is 277. The molecule has 0 spiro atoms. The summed E-state index contributed by atoms with van der Waals surface area (Å²) >= 11 is 0. The highest BCUT2D eigenvalue weighted by molar-refractivity contribution is 5.81. The summed E-state index contributed by atoms with van der Waals surface area (Å²) < 4.78 is 0. The maximum Gasteiger partial charge on any atom is 0.252 e. The Morgan fingerprint density at radius 1 is 1.33 bits per heavy atom. The first-order valence-corrected chi connectivity index (χ1v) is 6.63. The van der Waals surface area contributed by atoms with Crippen LogP contribution in [-0.2, 0) is 9.59 Å². The Morgan fingerprint density at radius 2 is 2.11 bits per heavy atom. The molecule has 1 unspecified atom stereocenters. The van der Waals surface area contributed by atoms with Gasteiger partial charge in [0.15, 0.2) is 0 Å². The van der Waals surface area contributed by atoms with Crippen molar-refractivity contribution in [3.63, 3.8) is 0 Å². The monoisotopic (exact) mass is 256 g/mol. The highest BCUT2D eigenvalue weighted by Crippen LogP contribution is 2.08.